The molecular weight excluding hydrogens is 403 g/mol. The quantitative estimate of drug-likeness (QED) is 0.658. The Morgan fingerprint density at radius 3 is 2.35 bits per heavy atom. The fourth-order valence-electron chi connectivity index (χ4n) is 2.35. The van der Waals surface area contributed by atoms with Gasteiger partial charge in [-0.3, -0.25) is 4.68 Å². The predicted octanol–water partition coefficient (Wildman–Crippen LogP) is 4.03. The molecule has 0 saturated heterocycles. The molecule has 1 N–H and O–H groups in total. The van der Waals surface area contributed by atoms with Gasteiger partial charge in [0, 0.05) is 22.6 Å². The van der Waals surface area contributed by atoms with Crippen LogP contribution in [-0.2, 0) is 7.05 Å². The standard InChI is InChI=1S/C15H11BrCl2N4O/c1-22-12(8-2-4-9(16)5-3-8)10(6-21-22)13(23)11-14(17)19-7-20-15(11)18/h2-7,13,23H,1H3. The fourth-order valence-corrected chi connectivity index (χ4v) is 3.14. The molecule has 0 aliphatic heterocycles. The fraction of sp³-hybridized carbons (Fsp3) is 0.133. The molecule has 0 spiro atoms. The molecule has 8 heteroatoms. The van der Waals surface area contributed by atoms with Gasteiger partial charge in [-0.2, -0.15) is 5.10 Å². The van der Waals surface area contributed by atoms with Gasteiger partial charge in [0.2, 0.25) is 0 Å². The summed E-state index contributed by atoms with van der Waals surface area (Å²) in [5, 5.41) is 15.2. The zero-order chi connectivity index (χ0) is 16.6. The number of halogens is 3. The second-order valence-corrected chi connectivity index (χ2v) is 6.48. The second-order valence-electron chi connectivity index (χ2n) is 4.85. The summed E-state index contributed by atoms with van der Waals surface area (Å²) in [4.78, 5) is 7.77. The van der Waals surface area contributed by atoms with Crippen LogP contribution in [0, 0.1) is 0 Å². The van der Waals surface area contributed by atoms with Gasteiger partial charge in [-0.1, -0.05) is 51.3 Å². The molecule has 0 fully saturated rings. The second kappa shape index (κ2) is 6.57. The number of nitrogens with zero attached hydrogens (tertiary/aromatic N) is 4. The van der Waals surface area contributed by atoms with E-state index in [1.54, 1.807) is 17.9 Å². The molecule has 118 valence electrons. The molecule has 0 radical (unpaired) electrons. The Kier molecular flexibility index (Phi) is 4.68. The largest absolute Gasteiger partial charge is 0.383 e. The molecule has 3 rings (SSSR count). The van der Waals surface area contributed by atoms with Crippen molar-refractivity contribution in [1.82, 2.24) is 19.7 Å². The van der Waals surface area contributed by atoms with Gasteiger partial charge in [0.05, 0.1) is 17.5 Å². The first-order chi connectivity index (χ1) is 11.0. The van der Waals surface area contributed by atoms with Gasteiger partial charge in [0.15, 0.2) is 0 Å². The molecule has 2 heterocycles. The Hall–Kier alpha value is -1.47. The summed E-state index contributed by atoms with van der Waals surface area (Å²) < 4.78 is 2.65. The van der Waals surface area contributed by atoms with Crippen LogP contribution in [0.3, 0.4) is 0 Å². The van der Waals surface area contributed by atoms with E-state index in [1.807, 2.05) is 24.3 Å². The Labute approximate surface area is 151 Å². The van der Waals surface area contributed by atoms with Crippen molar-refractivity contribution in [3.05, 3.63) is 62.7 Å². The van der Waals surface area contributed by atoms with Gasteiger partial charge in [0.1, 0.15) is 22.7 Å². The minimum atomic E-state index is -1.08. The lowest BCUT2D eigenvalue weighted by Gasteiger charge is -2.14. The van der Waals surface area contributed by atoms with Gasteiger partial charge >= 0.3 is 0 Å². The maximum atomic E-state index is 10.8. The monoisotopic (exact) mass is 412 g/mol. The summed E-state index contributed by atoms with van der Waals surface area (Å²) >= 11 is 15.5. The number of hydrogen-bond donors (Lipinski definition) is 1. The number of hydrogen-bond acceptors (Lipinski definition) is 4. The van der Waals surface area contributed by atoms with Gasteiger partial charge in [0.25, 0.3) is 0 Å². The Bertz CT molecular complexity index is 831. The van der Waals surface area contributed by atoms with Crippen LogP contribution < -0.4 is 0 Å². The lowest BCUT2D eigenvalue weighted by molar-refractivity contribution is 0.220. The first-order valence-electron chi connectivity index (χ1n) is 6.61. The average molecular weight is 414 g/mol. The van der Waals surface area contributed by atoms with E-state index < -0.39 is 6.10 Å². The van der Waals surface area contributed by atoms with Gasteiger partial charge in [-0.05, 0) is 12.1 Å². The van der Waals surface area contributed by atoms with E-state index in [4.69, 9.17) is 23.2 Å². The molecule has 0 amide bonds. The summed E-state index contributed by atoms with van der Waals surface area (Å²) in [5.41, 5.74) is 2.52. The average Bonchev–Trinajstić information content (AvgIpc) is 2.89. The Balaban J connectivity index is 2.13. The molecule has 3 aromatic rings. The number of aromatic nitrogens is 4. The lowest BCUT2D eigenvalue weighted by atomic mass is 10.0. The molecule has 23 heavy (non-hydrogen) atoms. The van der Waals surface area contributed by atoms with Crippen LogP contribution >= 0.6 is 39.1 Å². The van der Waals surface area contributed by atoms with Crippen molar-refractivity contribution >= 4 is 39.1 Å². The zero-order valence-corrected chi connectivity index (χ0v) is 15.0. The van der Waals surface area contributed by atoms with Crippen LogP contribution in [-0.4, -0.2) is 24.9 Å². The highest BCUT2D eigenvalue weighted by Gasteiger charge is 2.25. The Morgan fingerprint density at radius 2 is 1.74 bits per heavy atom. The van der Waals surface area contributed by atoms with E-state index in [-0.39, 0.29) is 15.9 Å². The van der Waals surface area contributed by atoms with Gasteiger partial charge in [-0.15, -0.1) is 0 Å². The number of aliphatic hydroxyl groups excluding tert-OH is 1. The topological polar surface area (TPSA) is 63.8 Å². The minimum absolute atomic E-state index is 0.114. The van der Waals surface area contributed by atoms with Crippen LogP contribution in [0.15, 0.2) is 41.3 Å². The van der Waals surface area contributed by atoms with Crippen LogP contribution in [0.25, 0.3) is 11.3 Å². The van der Waals surface area contributed by atoms with Crippen molar-refractivity contribution in [2.24, 2.45) is 7.05 Å². The maximum Gasteiger partial charge on any atom is 0.140 e. The lowest BCUT2D eigenvalue weighted by Crippen LogP contribution is -2.05. The maximum absolute atomic E-state index is 10.8. The molecule has 0 bridgehead atoms. The molecule has 1 aromatic carbocycles. The van der Waals surface area contributed by atoms with E-state index in [2.05, 4.69) is 31.0 Å². The molecule has 2 aromatic heterocycles. The third-order valence-electron chi connectivity index (χ3n) is 3.44. The van der Waals surface area contributed by atoms with E-state index in [0.29, 0.717) is 5.56 Å². The molecule has 1 unspecified atom stereocenters. The van der Waals surface area contributed by atoms with Crippen molar-refractivity contribution < 1.29 is 5.11 Å². The number of benzene rings is 1. The molecule has 5 nitrogen and oxygen atoms in total. The molecule has 0 aliphatic rings. The first-order valence-corrected chi connectivity index (χ1v) is 8.15. The zero-order valence-electron chi connectivity index (χ0n) is 11.9. The smallest absolute Gasteiger partial charge is 0.140 e. The van der Waals surface area contributed by atoms with E-state index in [9.17, 15) is 5.11 Å². The minimum Gasteiger partial charge on any atom is -0.383 e. The van der Waals surface area contributed by atoms with Crippen molar-refractivity contribution in [2.75, 3.05) is 0 Å². The van der Waals surface area contributed by atoms with Crippen LogP contribution in [0.4, 0.5) is 0 Å². The number of aryl methyl sites for hydroxylation is 1. The third-order valence-corrected chi connectivity index (χ3v) is 4.57. The first kappa shape index (κ1) is 16.4. The van der Waals surface area contributed by atoms with Crippen molar-refractivity contribution in [2.45, 2.75) is 6.10 Å². The van der Waals surface area contributed by atoms with Crippen molar-refractivity contribution in [3.8, 4) is 11.3 Å². The molecule has 1 atom stereocenters. The van der Waals surface area contributed by atoms with Crippen LogP contribution in [0.1, 0.15) is 17.2 Å². The number of aliphatic hydroxyl groups is 1. The van der Waals surface area contributed by atoms with Crippen molar-refractivity contribution in [3.63, 3.8) is 0 Å². The van der Waals surface area contributed by atoms with Gasteiger partial charge < -0.3 is 5.11 Å². The molecule has 0 aliphatic carbocycles. The van der Waals surface area contributed by atoms with Crippen LogP contribution in [0.5, 0.6) is 0 Å². The van der Waals surface area contributed by atoms with E-state index >= 15 is 0 Å². The van der Waals surface area contributed by atoms with E-state index in [0.717, 1.165) is 15.7 Å². The predicted molar refractivity (Wildman–Crippen MR) is 92.5 cm³/mol. The summed E-state index contributed by atoms with van der Waals surface area (Å²) in [7, 11) is 1.80. The van der Waals surface area contributed by atoms with Gasteiger partial charge in [-0.25, -0.2) is 9.97 Å². The number of rotatable bonds is 3. The Morgan fingerprint density at radius 1 is 1.13 bits per heavy atom. The van der Waals surface area contributed by atoms with E-state index in [1.165, 1.54) is 6.33 Å². The highest BCUT2D eigenvalue weighted by Crippen LogP contribution is 2.36. The van der Waals surface area contributed by atoms with Crippen molar-refractivity contribution in [1.29, 1.82) is 0 Å². The summed E-state index contributed by atoms with van der Waals surface area (Å²) in [5.74, 6) is 0. The summed E-state index contributed by atoms with van der Waals surface area (Å²) in [6.45, 7) is 0. The highest BCUT2D eigenvalue weighted by atomic mass is 79.9. The third kappa shape index (κ3) is 3.12. The molecular formula is C15H11BrCl2N4O. The SMILES string of the molecule is Cn1ncc(C(O)c2c(Cl)ncnc2Cl)c1-c1ccc(Br)cc1. The normalized spacial score (nSPS) is 12.4. The van der Waals surface area contributed by atoms with Crippen LogP contribution in [0.2, 0.25) is 10.3 Å². The molecule has 0 saturated carbocycles. The summed E-state index contributed by atoms with van der Waals surface area (Å²) in [6.07, 6.45) is 1.75. The highest BCUT2D eigenvalue weighted by molar-refractivity contribution is 9.10. The summed E-state index contributed by atoms with van der Waals surface area (Å²) in [6, 6.07) is 7.71.